The van der Waals surface area contributed by atoms with Crippen molar-refractivity contribution in [1.82, 2.24) is 9.55 Å². The second-order valence-corrected chi connectivity index (χ2v) is 10.5. The lowest BCUT2D eigenvalue weighted by Gasteiger charge is -2.29. The number of aromatic nitrogens is 2. The SMILES string of the molecule is O=c1ccn([C@@H]2O[C@](CF)(COP(=O)(O)OP(=O)(O)OP(=O)(O)O)[C@@H](O)C2(F)F)c(=O)[nH]1. The predicted molar refractivity (Wildman–Crippen MR) is 90.9 cm³/mol. The molecular formula is C10H14F3N2O14P3. The number of phosphoric acid groups is 3. The molecule has 0 spiro atoms. The van der Waals surface area contributed by atoms with Gasteiger partial charge in [-0.25, -0.2) is 22.9 Å². The highest BCUT2D eigenvalue weighted by Crippen LogP contribution is 2.66. The van der Waals surface area contributed by atoms with Gasteiger partial charge in [0.15, 0.2) is 11.7 Å². The van der Waals surface area contributed by atoms with Crippen LogP contribution in [0.1, 0.15) is 6.23 Å². The lowest BCUT2D eigenvalue weighted by atomic mass is 9.97. The maximum absolute atomic E-state index is 14.5. The average Bonchev–Trinajstić information content (AvgIpc) is 2.78. The summed E-state index contributed by atoms with van der Waals surface area (Å²) in [5, 5.41) is 9.90. The first kappa shape index (κ1) is 27.0. The van der Waals surface area contributed by atoms with Crippen LogP contribution in [0.25, 0.3) is 0 Å². The van der Waals surface area contributed by atoms with Crippen molar-refractivity contribution < 1.29 is 69.4 Å². The molecule has 0 saturated carbocycles. The molecule has 0 aromatic carbocycles. The lowest BCUT2D eigenvalue weighted by molar-refractivity contribution is -0.147. The van der Waals surface area contributed by atoms with Crippen molar-refractivity contribution in [1.29, 1.82) is 0 Å². The number of aromatic amines is 1. The Labute approximate surface area is 173 Å². The standard InChI is InChI=1S/C10H14F3N2O14P3/c11-3-9(4-26-31(22,23)29-32(24,25)28-30(19,20)21)6(17)10(12,13)7(27-9)15-2-1-5(16)14-8(15)18/h1-2,6-7,17H,3-4H2,(H,22,23)(H,24,25)(H,14,16,18)(H2,19,20,21)/t6-,7-,9-/m1/s1. The number of H-pyrrole nitrogens is 1. The molecule has 2 unspecified atom stereocenters. The van der Waals surface area contributed by atoms with Gasteiger partial charge in [-0.3, -0.25) is 18.9 Å². The van der Waals surface area contributed by atoms with Gasteiger partial charge in [0.1, 0.15) is 6.67 Å². The quantitative estimate of drug-likeness (QED) is 0.210. The van der Waals surface area contributed by atoms with Crippen molar-refractivity contribution in [2.24, 2.45) is 0 Å². The molecule has 22 heteroatoms. The van der Waals surface area contributed by atoms with Crippen LogP contribution in [0.5, 0.6) is 0 Å². The Hall–Kier alpha value is -1.20. The molecule has 0 bridgehead atoms. The molecule has 1 fully saturated rings. The van der Waals surface area contributed by atoms with E-state index in [2.05, 4.69) is 13.1 Å². The van der Waals surface area contributed by atoms with Crippen LogP contribution in [0.3, 0.4) is 0 Å². The summed E-state index contributed by atoms with van der Waals surface area (Å²) in [4.78, 5) is 59.7. The molecule has 32 heavy (non-hydrogen) atoms. The van der Waals surface area contributed by atoms with Crippen LogP contribution in [0.15, 0.2) is 21.9 Å². The van der Waals surface area contributed by atoms with Crippen LogP contribution in [-0.2, 0) is 31.6 Å². The van der Waals surface area contributed by atoms with Gasteiger partial charge in [0.05, 0.1) is 6.61 Å². The van der Waals surface area contributed by atoms with E-state index < -0.39 is 71.9 Å². The molecule has 0 radical (unpaired) electrons. The molecule has 2 rings (SSSR count). The van der Waals surface area contributed by atoms with Crippen molar-refractivity contribution in [3.63, 3.8) is 0 Å². The van der Waals surface area contributed by atoms with E-state index in [1.807, 2.05) is 0 Å². The number of aliphatic hydroxyl groups is 1. The average molecular weight is 536 g/mol. The van der Waals surface area contributed by atoms with Crippen molar-refractivity contribution in [2.45, 2.75) is 23.9 Å². The molecule has 1 aromatic rings. The monoisotopic (exact) mass is 536 g/mol. The highest BCUT2D eigenvalue weighted by atomic mass is 31.3. The molecule has 0 amide bonds. The van der Waals surface area contributed by atoms with Crippen LogP contribution < -0.4 is 11.2 Å². The molecule has 16 nitrogen and oxygen atoms in total. The van der Waals surface area contributed by atoms with Crippen LogP contribution in [0.2, 0.25) is 0 Å². The molecule has 1 saturated heterocycles. The molecule has 6 N–H and O–H groups in total. The third-order valence-corrected chi connectivity index (χ3v) is 7.54. The third kappa shape index (κ3) is 6.02. The summed E-state index contributed by atoms with van der Waals surface area (Å²) in [5.41, 5.74) is -5.59. The van der Waals surface area contributed by atoms with Gasteiger partial charge in [-0.05, 0) is 0 Å². The fourth-order valence-corrected chi connectivity index (χ4v) is 5.53. The Morgan fingerprint density at radius 2 is 1.72 bits per heavy atom. The summed E-state index contributed by atoms with van der Waals surface area (Å²) in [6.45, 7) is -3.80. The topological polar surface area (TPSA) is 244 Å². The van der Waals surface area contributed by atoms with E-state index in [9.17, 15) is 46.5 Å². The van der Waals surface area contributed by atoms with Gasteiger partial charge in [-0.1, -0.05) is 0 Å². The van der Waals surface area contributed by atoms with Gasteiger partial charge in [0, 0.05) is 12.3 Å². The Balaban J connectivity index is 2.28. The zero-order chi connectivity index (χ0) is 24.8. The molecule has 2 heterocycles. The molecule has 0 aliphatic carbocycles. The number of hydrogen-bond donors (Lipinski definition) is 6. The second kappa shape index (κ2) is 8.87. The first-order valence-corrected chi connectivity index (χ1v) is 12.3. The number of rotatable bonds is 9. The smallest absolute Gasteiger partial charge is 0.383 e. The van der Waals surface area contributed by atoms with Crippen molar-refractivity contribution in [3.8, 4) is 0 Å². The molecule has 184 valence electrons. The number of halogens is 3. The minimum atomic E-state index is -5.97. The Morgan fingerprint density at radius 1 is 1.12 bits per heavy atom. The van der Waals surface area contributed by atoms with E-state index in [1.54, 1.807) is 4.98 Å². The predicted octanol–water partition coefficient (Wildman–Crippen LogP) is -0.887. The molecule has 1 aliphatic rings. The number of phosphoric ester groups is 1. The zero-order valence-electron chi connectivity index (χ0n) is 15.1. The molecule has 1 aliphatic heterocycles. The maximum atomic E-state index is 14.5. The summed E-state index contributed by atoms with van der Waals surface area (Å²) in [6.07, 6.45) is -5.36. The van der Waals surface area contributed by atoms with Crippen LogP contribution in [0, 0.1) is 0 Å². The number of hydrogen-bond acceptors (Lipinski definition) is 10. The van der Waals surface area contributed by atoms with Crippen molar-refractivity contribution >= 4 is 23.5 Å². The summed E-state index contributed by atoms with van der Waals surface area (Å²) < 4.78 is 91.9. The van der Waals surface area contributed by atoms with E-state index in [0.29, 0.717) is 12.3 Å². The van der Waals surface area contributed by atoms with Gasteiger partial charge in [-0.2, -0.15) is 17.4 Å². The molecular weight excluding hydrogens is 522 g/mol. The summed E-state index contributed by atoms with van der Waals surface area (Å²) >= 11 is 0. The number of ether oxygens (including phenoxy) is 1. The van der Waals surface area contributed by atoms with Gasteiger partial charge in [-0.15, -0.1) is 0 Å². The van der Waals surface area contributed by atoms with Crippen LogP contribution >= 0.6 is 23.5 Å². The minimum absolute atomic E-state index is 0.0763. The number of aliphatic hydroxyl groups excluding tert-OH is 1. The number of nitrogens with zero attached hydrogens (tertiary/aromatic N) is 1. The fourth-order valence-electron chi connectivity index (χ4n) is 2.46. The second-order valence-electron chi connectivity index (χ2n) is 6.13. The minimum Gasteiger partial charge on any atom is -0.383 e. The Bertz CT molecular complexity index is 1120. The maximum Gasteiger partial charge on any atom is 0.490 e. The van der Waals surface area contributed by atoms with Gasteiger partial charge < -0.3 is 29.4 Å². The zero-order valence-corrected chi connectivity index (χ0v) is 17.7. The van der Waals surface area contributed by atoms with E-state index in [-0.39, 0.29) is 4.57 Å². The van der Waals surface area contributed by atoms with Gasteiger partial charge in [0.2, 0.25) is 6.23 Å². The third-order valence-electron chi connectivity index (χ3n) is 3.76. The highest BCUT2D eigenvalue weighted by Gasteiger charge is 2.68. The first-order chi connectivity index (χ1) is 14.3. The summed E-state index contributed by atoms with van der Waals surface area (Å²) in [6, 6.07) is 0.620. The molecule has 5 atom stereocenters. The van der Waals surface area contributed by atoms with Crippen LogP contribution in [-0.4, -0.2) is 65.1 Å². The van der Waals surface area contributed by atoms with Gasteiger partial charge >= 0.3 is 35.1 Å². The van der Waals surface area contributed by atoms with E-state index in [0.717, 1.165) is 0 Å². The lowest BCUT2D eigenvalue weighted by Crippen LogP contribution is -2.51. The fraction of sp³-hybridized carbons (Fsp3) is 0.600. The number of nitrogens with one attached hydrogen (secondary N) is 1. The van der Waals surface area contributed by atoms with Crippen molar-refractivity contribution in [3.05, 3.63) is 33.1 Å². The first-order valence-electron chi connectivity index (χ1n) is 7.74. The van der Waals surface area contributed by atoms with Crippen LogP contribution in [0.4, 0.5) is 13.2 Å². The Morgan fingerprint density at radius 3 is 2.22 bits per heavy atom. The van der Waals surface area contributed by atoms with Gasteiger partial charge in [0.25, 0.3) is 5.56 Å². The summed E-state index contributed by atoms with van der Waals surface area (Å²) in [7, 11) is -17.6. The van der Waals surface area contributed by atoms with E-state index >= 15 is 0 Å². The van der Waals surface area contributed by atoms with Crippen molar-refractivity contribution in [2.75, 3.05) is 13.3 Å². The molecule has 1 aromatic heterocycles. The number of alkyl halides is 3. The normalized spacial score (nSPS) is 29.4. The largest absolute Gasteiger partial charge is 0.490 e. The highest BCUT2D eigenvalue weighted by molar-refractivity contribution is 7.66. The van der Waals surface area contributed by atoms with E-state index in [1.165, 1.54) is 0 Å². The summed E-state index contributed by atoms with van der Waals surface area (Å²) in [5.74, 6) is -4.45. The Kier molecular flexibility index (Phi) is 7.49. The van der Waals surface area contributed by atoms with E-state index in [4.69, 9.17) is 19.4 Å².